The first-order chi connectivity index (χ1) is 4.47. The van der Waals surface area contributed by atoms with Gasteiger partial charge in [0, 0.05) is 18.5 Å². The monoisotopic (exact) mass is 263 g/mol. The number of halogens is 4. The molecule has 0 aromatic carbocycles. The summed E-state index contributed by atoms with van der Waals surface area (Å²) in [6.07, 6.45) is 5.34. The van der Waals surface area contributed by atoms with Gasteiger partial charge >= 0.3 is 0 Å². The summed E-state index contributed by atoms with van der Waals surface area (Å²) in [6, 6.07) is 3.71. The Kier molecular flexibility index (Phi) is 12.0. The Morgan fingerprint density at radius 1 is 1.00 bits per heavy atom. The Balaban J connectivity index is -0.000000250. The number of hydrogen-bond donors (Lipinski definition) is 0. The Hall–Kier alpha value is -0.220. The molecule has 0 aliphatic carbocycles. The summed E-state index contributed by atoms with van der Waals surface area (Å²) in [5.41, 5.74) is 0.887. The minimum Gasteiger partial charge on any atom is -0.237 e. The van der Waals surface area contributed by atoms with Crippen LogP contribution in [0.25, 0.3) is 5.65 Å². The van der Waals surface area contributed by atoms with Crippen molar-refractivity contribution in [2.24, 2.45) is 0 Å². The lowest BCUT2D eigenvalue weighted by Gasteiger charge is -1.85. The third-order valence-electron chi connectivity index (χ3n) is 1.17. The molecule has 0 spiro atoms. The van der Waals surface area contributed by atoms with Gasteiger partial charge in [0.15, 0.2) is 5.65 Å². The van der Waals surface area contributed by atoms with Gasteiger partial charge in [0.2, 0.25) is 0 Å². The second-order valence-corrected chi connectivity index (χ2v) is 1.75. The number of nitrogens with zero attached hydrogens (tertiary/aromatic N) is 3. The predicted octanol–water partition coefficient (Wildman–Crippen LogP) is 2.42. The summed E-state index contributed by atoms with van der Waals surface area (Å²) in [6.45, 7) is 0. The van der Waals surface area contributed by atoms with Crippen molar-refractivity contribution < 1.29 is 0 Å². The van der Waals surface area contributed by atoms with Gasteiger partial charge in [-0.3, -0.25) is 0 Å². The molecule has 0 fully saturated rings. The number of fused-ring (bicyclic) bond motifs is 1. The number of rotatable bonds is 0. The molecule has 0 saturated carbocycles. The first kappa shape index (κ1) is 18.5. The Morgan fingerprint density at radius 3 is 2.31 bits per heavy atom. The summed E-state index contributed by atoms with van der Waals surface area (Å²) in [7, 11) is 0. The smallest absolute Gasteiger partial charge is 0.154 e. The molecule has 0 amide bonds. The van der Waals surface area contributed by atoms with E-state index in [4.69, 9.17) is 0 Å². The van der Waals surface area contributed by atoms with Crippen LogP contribution in [-0.2, 0) is 0 Å². The molecule has 0 unspecified atom stereocenters. The van der Waals surface area contributed by atoms with E-state index in [1.165, 1.54) is 0 Å². The third-order valence-corrected chi connectivity index (χ3v) is 1.17. The molecule has 0 radical (unpaired) electrons. The van der Waals surface area contributed by atoms with Crippen LogP contribution in [0.2, 0.25) is 0 Å². The van der Waals surface area contributed by atoms with E-state index in [9.17, 15) is 0 Å². The molecule has 0 N–H and O–H groups in total. The van der Waals surface area contributed by atoms with Crippen molar-refractivity contribution in [2.75, 3.05) is 0 Å². The van der Waals surface area contributed by atoms with E-state index in [1.807, 2.05) is 18.3 Å². The van der Waals surface area contributed by atoms with E-state index >= 15 is 0 Å². The molecule has 0 bridgehead atoms. The molecule has 7 heteroatoms. The highest BCUT2D eigenvalue weighted by molar-refractivity contribution is 5.86. The van der Waals surface area contributed by atoms with Crippen molar-refractivity contribution >= 4 is 55.3 Å². The van der Waals surface area contributed by atoms with E-state index in [0.29, 0.717) is 0 Å². The van der Waals surface area contributed by atoms with Crippen LogP contribution in [0.15, 0.2) is 30.7 Å². The van der Waals surface area contributed by atoms with Crippen molar-refractivity contribution in [1.82, 2.24) is 14.6 Å². The average molecular weight is 265 g/mol. The topological polar surface area (TPSA) is 30.2 Å². The zero-order valence-electron chi connectivity index (χ0n) is 6.36. The van der Waals surface area contributed by atoms with Crippen LogP contribution in [0.5, 0.6) is 0 Å². The molecule has 2 heterocycles. The highest BCUT2D eigenvalue weighted by Crippen LogP contribution is 1.93. The van der Waals surface area contributed by atoms with Crippen LogP contribution in [0.1, 0.15) is 0 Å². The van der Waals surface area contributed by atoms with E-state index < -0.39 is 0 Å². The fourth-order valence-electron chi connectivity index (χ4n) is 0.764. The Morgan fingerprint density at radius 2 is 1.69 bits per heavy atom. The molecule has 76 valence electrons. The van der Waals surface area contributed by atoms with Gasteiger partial charge in [0.05, 0.1) is 6.20 Å². The van der Waals surface area contributed by atoms with Gasteiger partial charge in [0.1, 0.15) is 0 Å². The van der Waals surface area contributed by atoms with Crippen LogP contribution in [0.4, 0.5) is 0 Å². The van der Waals surface area contributed by atoms with Crippen molar-refractivity contribution in [3.63, 3.8) is 0 Å². The lowest BCUT2D eigenvalue weighted by Crippen LogP contribution is -1.85. The predicted molar refractivity (Wildman–Crippen MR) is 62.0 cm³/mol. The van der Waals surface area contributed by atoms with Gasteiger partial charge in [-0.15, -0.1) is 49.6 Å². The maximum absolute atomic E-state index is 4.04. The van der Waals surface area contributed by atoms with Gasteiger partial charge in [-0.25, -0.2) is 9.50 Å². The van der Waals surface area contributed by atoms with Crippen molar-refractivity contribution in [3.8, 4) is 0 Å². The minimum atomic E-state index is 0. The first-order valence-corrected chi connectivity index (χ1v) is 2.71. The van der Waals surface area contributed by atoms with Gasteiger partial charge in [-0.05, 0) is 6.07 Å². The largest absolute Gasteiger partial charge is 0.237 e. The van der Waals surface area contributed by atoms with Crippen molar-refractivity contribution in [2.45, 2.75) is 0 Å². The molecule has 13 heavy (non-hydrogen) atoms. The van der Waals surface area contributed by atoms with E-state index in [2.05, 4.69) is 10.1 Å². The summed E-state index contributed by atoms with van der Waals surface area (Å²) in [4.78, 5) is 4.04. The highest BCUT2D eigenvalue weighted by atomic mass is 35.5. The number of hydrogen-bond acceptors (Lipinski definition) is 2. The fraction of sp³-hybridized carbons (Fsp3) is 0. The summed E-state index contributed by atoms with van der Waals surface area (Å²) in [5, 5.41) is 3.97. The highest BCUT2D eigenvalue weighted by Gasteiger charge is 1.86. The molecular weight excluding hydrogens is 256 g/mol. The van der Waals surface area contributed by atoms with Gasteiger partial charge in [0.25, 0.3) is 0 Å². The Labute approximate surface area is 101 Å². The second kappa shape index (κ2) is 8.38. The van der Waals surface area contributed by atoms with Crippen LogP contribution < -0.4 is 0 Å². The fourth-order valence-corrected chi connectivity index (χ4v) is 0.764. The van der Waals surface area contributed by atoms with Gasteiger partial charge in [-0.2, -0.15) is 5.10 Å². The number of aromatic nitrogens is 3. The lowest BCUT2D eigenvalue weighted by atomic mass is 10.6. The molecule has 2 rings (SSSR count). The average Bonchev–Trinajstić information content (AvgIpc) is 2.33. The summed E-state index contributed by atoms with van der Waals surface area (Å²) < 4.78 is 1.72. The summed E-state index contributed by atoms with van der Waals surface area (Å²) in [5.74, 6) is 0. The molecule has 0 saturated heterocycles. The van der Waals surface area contributed by atoms with Gasteiger partial charge in [-0.1, -0.05) is 0 Å². The molecule has 3 nitrogen and oxygen atoms in total. The Bertz CT molecular complexity index is 294. The van der Waals surface area contributed by atoms with E-state index in [1.54, 1.807) is 16.9 Å². The maximum atomic E-state index is 4.04. The second-order valence-electron chi connectivity index (χ2n) is 1.75. The van der Waals surface area contributed by atoms with Crippen molar-refractivity contribution in [3.05, 3.63) is 30.7 Å². The molecular formula is C6H9Cl4N3. The molecule has 0 aliphatic rings. The normalized spacial score (nSPS) is 7.08. The quantitative estimate of drug-likeness (QED) is 0.732. The van der Waals surface area contributed by atoms with Crippen LogP contribution in [-0.4, -0.2) is 14.6 Å². The molecule has 2 aromatic heterocycles. The zero-order valence-corrected chi connectivity index (χ0v) is 9.63. The molecule has 2 aromatic rings. The van der Waals surface area contributed by atoms with Crippen LogP contribution >= 0.6 is 49.6 Å². The molecule has 0 aliphatic heterocycles. The van der Waals surface area contributed by atoms with Crippen molar-refractivity contribution in [1.29, 1.82) is 0 Å². The molecule has 0 atom stereocenters. The lowest BCUT2D eigenvalue weighted by molar-refractivity contribution is 0.939. The zero-order chi connectivity index (χ0) is 6.10. The standard InChI is InChI=1S/C6H5N3.4ClH/c1-3-7-6-2-4-8-9(6)5-1;;;;/h1-5H;4*1H. The van der Waals surface area contributed by atoms with E-state index in [0.717, 1.165) is 5.65 Å². The minimum absolute atomic E-state index is 0. The SMILES string of the molecule is Cl.Cl.Cl.Cl.c1cnc2ccnn2c1. The first-order valence-electron chi connectivity index (χ1n) is 2.71. The maximum Gasteiger partial charge on any atom is 0.154 e. The third kappa shape index (κ3) is 4.00. The van der Waals surface area contributed by atoms with E-state index in [-0.39, 0.29) is 49.6 Å². The van der Waals surface area contributed by atoms with Gasteiger partial charge < -0.3 is 0 Å². The van der Waals surface area contributed by atoms with Crippen LogP contribution in [0, 0.1) is 0 Å². The van der Waals surface area contributed by atoms with Crippen LogP contribution in [0.3, 0.4) is 0 Å². The summed E-state index contributed by atoms with van der Waals surface area (Å²) >= 11 is 0.